The van der Waals surface area contributed by atoms with Crippen LogP contribution < -0.4 is 0 Å². The Morgan fingerprint density at radius 2 is 1.60 bits per heavy atom. The Morgan fingerprint density at radius 3 is 2.12 bits per heavy atom. The maximum atomic E-state index is 6.57. The van der Waals surface area contributed by atoms with Crippen LogP contribution in [0.5, 0.6) is 0 Å². The van der Waals surface area contributed by atoms with Crippen molar-refractivity contribution >= 4 is 8.32 Å². The summed E-state index contributed by atoms with van der Waals surface area (Å²) in [5.74, 6) is 2.00. The van der Waals surface area contributed by atoms with Crippen LogP contribution in [0, 0.1) is 0 Å². The molecule has 138 valence electrons. The average Bonchev–Trinajstić information content (AvgIpc) is 2.73. The summed E-state index contributed by atoms with van der Waals surface area (Å²) in [6.45, 7) is 11.3. The molecule has 0 N–H and O–H groups in total. The Bertz CT molecular complexity index is 626. The van der Waals surface area contributed by atoms with Gasteiger partial charge < -0.3 is 13.9 Å². The van der Waals surface area contributed by atoms with Crippen LogP contribution in [-0.2, 0) is 13.9 Å². The second-order valence-corrected chi connectivity index (χ2v) is 12.9. The molecule has 25 heavy (non-hydrogen) atoms. The standard InChI is InChI=1S/C21H32O3Si/c1-21(2,3)25(6,7)24-18-13-17(22-4)14-19(20(15-18)23-5)16-11-9-8-10-12-16/h8-12,14-15,19-20H,13H2,1-7H3/t19-,20+/m1/s1. The van der Waals surface area contributed by atoms with Gasteiger partial charge in [0.2, 0.25) is 8.32 Å². The van der Waals surface area contributed by atoms with Crippen LogP contribution in [0.1, 0.15) is 38.7 Å². The van der Waals surface area contributed by atoms with Crippen LogP contribution in [0.4, 0.5) is 0 Å². The number of benzene rings is 1. The van der Waals surface area contributed by atoms with Crippen LogP contribution >= 0.6 is 0 Å². The SMILES string of the molecule is COC1=C[C@H](c2ccccc2)[C@@H](OC)C=C(O[Si](C)(C)C(C)(C)C)C1. The molecule has 1 aromatic carbocycles. The quantitative estimate of drug-likeness (QED) is 0.637. The van der Waals surface area contributed by atoms with E-state index in [9.17, 15) is 0 Å². The molecule has 1 aromatic rings. The van der Waals surface area contributed by atoms with E-state index in [0.29, 0.717) is 6.42 Å². The summed E-state index contributed by atoms with van der Waals surface area (Å²) < 4.78 is 18.0. The van der Waals surface area contributed by atoms with Crippen molar-refractivity contribution in [2.24, 2.45) is 0 Å². The van der Waals surface area contributed by atoms with Crippen molar-refractivity contribution < 1.29 is 13.9 Å². The van der Waals surface area contributed by atoms with E-state index in [0.717, 1.165) is 11.5 Å². The fourth-order valence-corrected chi connectivity index (χ4v) is 3.84. The molecular formula is C21H32O3Si. The van der Waals surface area contributed by atoms with Gasteiger partial charge in [-0.05, 0) is 35.8 Å². The van der Waals surface area contributed by atoms with Gasteiger partial charge >= 0.3 is 0 Å². The van der Waals surface area contributed by atoms with Crippen LogP contribution in [0.15, 0.2) is 54.0 Å². The predicted molar refractivity (Wildman–Crippen MR) is 106 cm³/mol. The third kappa shape index (κ3) is 4.76. The molecular weight excluding hydrogens is 328 g/mol. The molecule has 0 fully saturated rings. The summed E-state index contributed by atoms with van der Waals surface area (Å²) in [6, 6.07) is 10.4. The Morgan fingerprint density at radius 1 is 0.960 bits per heavy atom. The van der Waals surface area contributed by atoms with E-state index in [2.05, 4.69) is 70.3 Å². The fourth-order valence-electron chi connectivity index (χ4n) is 2.74. The van der Waals surface area contributed by atoms with E-state index < -0.39 is 8.32 Å². The number of rotatable bonds is 5. The smallest absolute Gasteiger partial charge is 0.250 e. The lowest BCUT2D eigenvalue weighted by Gasteiger charge is -2.37. The molecule has 1 aliphatic carbocycles. The molecule has 0 radical (unpaired) electrons. The highest BCUT2D eigenvalue weighted by Gasteiger charge is 2.40. The van der Waals surface area contributed by atoms with Gasteiger partial charge in [0.1, 0.15) is 0 Å². The minimum Gasteiger partial charge on any atom is -0.546 e. The van der Waals surface area contributed by atoms with Crippen molar-refractivity contribution in [3.05, 3.63) is 59.6 Å². The Balaban J connectivity index is 2.38. The van der Waals surface area contributed by atoms with Gasteiger partial charge in [0.05, 0.1) is 31.2 Å². The highest BCUT2D eigenvalue weighted by Crippen LogP contribution is 2.40. The lowest BCUT2D eigenvalue weighted by atomic mass is 9.93. The van der Waals surface area contributed by atoms with Gasteiger partial charge in [-0.2, -0.15) is 0 Å². The summed E-state index contributed by atoms with van der Waals surface area (Å²) in [6.07, 6.45) is 4.91. The van der Waals surface area contributed by atoms with Crippen LogP contribution in [-0.4, -0.2) is 28.6 Å². The lowest BCUT2D eigenvalue weighted by molar-refractivity contribution is 0.126. The summed E-state index contributed by atoms with van der Waals surface area (Å²) in [4.78, 5) is 0. The zero-order chi connectivity index (χ0) is 18.7. The second kappa shape index (κ2) is 7.79. The molecule has 0 spiro atoms. The monoisotopic (exact) mass is 360 g/mol. The van der Waals surface area contributed by atoms with Crippen molar-refractivity contribution in [3.8, 4) is 0 Å². The normalized spacial score (nSPS) is 21.9. The van der Waals surface area contributed by atoms with Crippen LogP contribution in [0.25, 0.3) is 0 Å². The van der Waals surface area contributed by atoms with Crippen LogP contribution in [0.3, 0.4) is 0 Å². The first kappa shape index (κ1) is 19.8. The third-order valence-electron chi connectivity index (χ3n) is 5.33. The van der Waals surface area contributed by atoms with Gasteiger partial charge in [-0.25, -0.2) is 0 Å². The summed E-state index contributed by atoms with van der Waals surface area (Å²) in [5, 5.41) is 0.151. The number of methoxy groups -OCH3 is 2. The summed E-state index contributed by atoms with van der Waals surface area (Å²) in [7, 11) is 1.58. The molecule has 2 rings (SSSR count). The van der Waals surface area contributed by atoms with Crippen molar-refractivity contribution in [1.29, 1.82) is 0 Å². The number of hydrogen-bond donors (Lipinski definition) is 0. The van der Waals surface area contributed by atoms with Gasteiger partial charge in [0.25, 0.3) is 0 Å². The summed E-state index contributed by atoms with van der Waals surface area (Å²) in [5.41, 5.74) is 1.22. The molecule has 1 aliphatic rings. The van der Waals surface area contributed by atoms with Crippen molar-refractivity contribution in [2.45, 2.75) is 57.3 Å². The van der Waals surface area contributed by atoms with E-state index in [4.69, 9.17) is 13.9 Å². The van der Waals surface area contributed by atoms with E-state index in [-0.39, 0.29) is 17.1 Å². The molecule has 0 amide bonds. The zero-order valence-electron chi connectivity index (χ0n) is 16.6. The number of ether oxygens (including phenoxy) is 2. The molecule has 0 unspecified atom stereocenters. The zero-order valence-corrected chi connectivity index (χ0v) is 17.6. The molecule has 0 saturated carbocycles. The van der Waals surface area contributed by atoms with Gasteiger partial charge in [-0.1, -0.05) is 51.1 Å². The first-order valence-electron chi connectivity index (χ1n) is 8.90. The van der Waals surface area contributed by atoms with E-state index in [1.807, 2.05) is 6.07 Å². The van der Waals surface area contributed by atoms with Crippen molar-refractivity contribution in [1.82, 2.24) is 0 Å². The van der Waals surface area contributed by atoms with E-state index >= 15 is 0 Å². The minimum absolute atomic E-state index is 0.0742. The van der Waals surface area contributed by atoms with Gasteiger partial charge in [0, 0.05) is 13.0 Å². The largest absolute Gasteiger partial charge is 0.546 e. The summed E-state index contributed by atoms with van der Waals surface area (Å²) >= 11 is 0. The molecule has 0 aliphatic heterocycles. The topological polar surface area (TPSA) is 27.7 Å². The Kier molecular flexibility index (Phi) is 6.17. The van der Waals surface area contributed by atoms with Crippen LogP contribution in [0.2, 0.25) is 18.1 Å². The number of hydrogen-bond acceptors (Lipinski definition) is 3. The van der Waals surface area contributed by atoms with E-state index in [1.54, 1.807) is 14.2 Å². The lowest BCUT2D eigenvalue weighted by Crippen LogP contribution is -2.40. The first-order chi connectivity index (χ1) is 11.7. The minimum atomic E-state index is -1.91. The molecule has 0 saturated heterocycles. The highest BCUT2D eigenvalue weighted by molar-refractivity contribution is 6.74. The van der Waals surface area contributed by atoms with Crippen molar-refractivity contribution in [3.63, 3.8) is 0 Å². The molecule has 0 bridgehead atoms. The maximum absolute atomic E-state index is 6.57. The molecule has 4 heteroatoms. The molecule has 0 aromatic heterocycles. The third-order valence-corrected chi connectivity index (χ3v) is 9.71. The molecule has 0 heterocycles. The highest BCUT2D eigenvalue weighted by atomic mass is 28.4. The molecule has 2 atom stereocenters. The van der Waals surface area contributed by atoms with Gasteiger partial charge in [-0.3, -0.25) is 0 Å². The van der Waals surface area contributed by atoms with Gasteiger partial charge in [0.15, 0.2) is 0 Å². The second-order valence-electron chi connectivity index (χ2n) is 8.15. The fraction of sp³-hybridized carbons (Fsp3) is 0.524. The Hall–Kier alpha value is -1.52. The molecule has 3 nitrogen and oxygen atoms in total. The van der Waals surface area contributed by atoms with E-state index in [1.165, 1.54) is 5.56 Å². The Labute approximate surface area is 153 Å². The first-order valence-corrected chi connectivity index (χ1v) is 11.8. The predicted octanol–water partition coefficient (Wildman–Crippen LogP) is 5.62. The average molecular weight is 361 g/mol. The maximum Gasteiger partial charge on any atom is 0.250 e. The van der Waals surface area contributed by atoms with Crippen molar-refractivity contribution in [2.75, 3.05) is 14.2 Å². The van der Waals surface area contributed by atoms with Gasteiger partial charge in [-0.15, -0.1) is 0 Å².